The molecule has 0 saturated heterocycles. The van der Waals surface area contributed by atoms with Gasteiger partial charge in [0, 0.05) is 13.6 Å². The van der Waals surface area contributed by atoms with E-state index in [1.165, 1.54) is 0 Å². The minimum absolute atomic E-state index is 0.0994. The van der Waals surface area contributed by atoms with E-state index in [1.54, 1.807) is 18.9 Å². The number of amides is 2. The Morgan fingerprint density at radius 1 is 1.29 bits per heavy atom. The first-order valence-electron chi connectivity index (χ1n) is 6.10. The highest BCUT2D eigenvalue weighted by atomic mass is 16.2. The van der Waals surface area contributed by atoms with Crippen molar-refractivity contribution in [2.24, 2.45) is 11.7 Å². The molecule has 2 atom stereocenters. The summed E-state index contributed by atoms with van der Waals surface area (Å²) in [6.07, 6.45) is 0.621. The fourth-order valence-corrected chi connectivity index (χ4v) is 1.48. The molecule has 2 amide bonds. The smallest absolute Gasteiger partial charge is 0.244 e. The zero-order valence-corrected chi connectivity index (χ0v) is 11.5. The summed E-state index contributed by atoms with van der Waals surface area (Å²) in [5.74, 6) is 0.00160. The molecule has 0 aromatic heterocycles. The molecule has 17 heavy (non-hydrogen) atoms. The Bertz CT molecular complexity index is 266. The van der Waals surface area contributed by atoms with Crippen LogP contribution >= 0.6 is 0 Å². The summed E-state index contributed by atoms with van der Waals surface area (Å²) >= 11 is 0. The Morgan fingerprint density at radius 3 is 2.24 bits per heavy atom. The molecular formula is C12H25N3O2. The van der Waals surface area contributed by atoms with Gasteiger partial charge < -0.3 is 16.0 Å². The molecule has 5 heteroatoms. The highest BCUT2D eigenvalue weighted by molar-refractivity contribution is 5.89. The molecule has 0 aromatic carbocycles. The summed E-state index contributed by atoms with van der Waals surface area (Å²) in [4.78, 5) is 25.0. The first kappa shape index (κ1) is 15.9. The molecule has 0 rings (SSSR count). The Labute approximate surface area is 104 Å². The number of likely N-dealkylation sites (N-methyl/N-ethyl adjacent to an activating group) is 1. The molecule has 0 aromatic rings. The molecule has 0 aliphatic heterocycles. The van der Waals surface area contributed by atoms with Gasteiger partial charge >= 0.3 is 0 Å². The first-order valence-corrected chi connectivity index (χ1v) is 6.10. The lowest BCUT2D eigenvalue weighted by atomic mass is 10.0. The van der Waals surface area contributed by atoms with Crippen molar-refractivity contribution in [3.8, 4) is 0 Å². The topological polar surface area (TPSA) is 75.4 Å². The Morgan fingerprint density at radius 2 is 1.82 bits per heavy atom. The van der Waals surface area contributed by atoms with Crippen LogP contribution in [-0.4, -0.2) is 42.4 Å². The summed E-state index contributed by atoms with van der Waals surface area (Å²) in [5, 5.41) is 2.64. The van der Waals surface area contributed by atoms with Crippen LogP contribution in [0.25, 0.3) is 0 Å². The molecule has 2 unspecified atom stereocenters. The van der Waals surface area contributed by atoms with Crippen molar-refractivity contribution >= 4 is 11.8 Å². The van der Waals surface area contributed by atoms with Crippen LogP contribution in [0.1, 0.15) is 34.1 Å². The second-order valence-corrected chi connectivity index (χ2v) is 4.82. The average molecular weight is 243 g/mol. The molecule has 100 valence electrons. The zero-order chi connectivity index (χ0) is 13.6. The largest absolute Gasteiger partial charge is 0.344 e. The first-order chi connectivity index (χ1) is 7.79. The van der Waals surface area contributed by atoms with Gasteiger partial charge in [-0.1, -0.05) is 13.8 Å². The number of carbonyl (C=O) groups is 2. The Hall–Kier alpha value is -1.10. The molecule has 0 radical (unpaired) electrons. The summed E-state index contributed by atoms with van der Waals surface area (Å²) in [5.41, 5.74) is 5.74. The monoisotopic (exact) mass is 243 g/mol. The van der Waals surface area contributed by atoms with Gasteiger partial charge in [-0.05, 0) is 26.2 Å². The second-order valence-electron chi connectivity index (χ2n) is 4.82. The van der Waals surface area contributed by atoms with Crippen LogP contribution in [0.4, 0.5) is 0 Å². The minimum atomic E-state index is -0.544. The van der Waals surface area contributed by atoms with Crippen molar-refractivity contribution in [3.63, 3.8) is 0 Å². The van der Waals surface area contributed by atoms with E-state index in [2.05, 4.69) is 5.32 Å². The molecule has 0 bridgehead atoms. The molecule has 0 aliphatic rings. The van der Waals surface area contributed by atoms with E-state index in [0.717, 1.165) is 0 Å². The highest BCUT2D eigenvalue weighted by Gasteiger charge is 2.22. The number of nitrogens with one attached hydrogen (secondary N) is 1. The van der Waals surface area contributed by atoms with Crippen LogP contribution in [0, 0.1) is 5.92 Å². The number of hydrogen-bond acceptors (Lipinski definition) is 3. The predicted molar refractivity (Wildman–Crippen MR) is 68.3 cm³/mol. The van der Waals surface area contributed by atoms with Crippen LogP contribution in [0.2, 0.25) is 0 Å². The zero-order valence-electron chi connectivity index (χ0n) is 11.5. The van der Waals surface area contributed by atoms with E-state index in [0.29, 0.717) is 18.9 Å². The fraction of sp³-hybridized carbons (Fsp3) is 0.833. The number of nitrogens with two attached hydrogens (primary N) is 1. The summed E-state index contributed by atoms with van der Waals surface area (Å²) in [7, 11) is 1.71. The van der Waals surface area contributed by atoms with Crippen molar-refractivity contribution in [2.45, 2.75) is 46.2 Å². The second kappa shape index (κ2) is 7.27. The van der Waals surface area contributed by atoms with E-state index in [4.69, 9.17) is 5.73 Å². The SMILES string of the molecule is CCN(C)C(=O)C(C)NC(=O)C(N)CC(C)C. The van der Waals surface area contributed by atoms with Crippen molar-refractivity contribution in [3.05, 3.63) is 0 Å². The molecule has 0 aliphatic carbocycles. The van der Waals surface area contributed by atoms with Crippen molar-refractivity contribution in [1.82, 2.24) is 10.2 Å². The molecule has 3 N–H and O–H groups in total. The lowest BCUT2D eigenvalue weighted by molar-refractivity contribution is -0.135. The van der Waals surface area contributed by atoms with Crippen LogP contribution in [-0.2, 0) is 9.59 Å². The number of nitrogens with zero attached hydrogens (tertiary/aromatic N) is 1. The van der Waals surface area contributed by atoms with Crippen molar-refractivity contribution in [1.29, 1.82) is 0 Å². The number of rotatable bonds is 6. The van der Waals surface area contributed by atoms with Gasteiger partial charge in [0.25, 0.3) is 0 Å². The average Bonchev–Trinajstić information content (AvgIpc) is 2.25. The standard InChI is InChI=1S/C12H25N3O2/c1-6-15(5)12(17)9(4)14-11(16)10(13)7-8(2)3/h8-10H,6-7,13H2,1-5H3,(H,14,16). The van der Waals surface area contributed by atoms with Crippen LogP contribution < -0.4 is 11.1 Å². The summed E-state index contributed by atoms with van der Waals surface area (Å²) in [6.45, 7) is 8.20. The maximum atomic E-state index is 11.7. The molecule has 0 spiro atoms. The normalized spacial score (nSPS) is 14.3. The maximum absolute atomic E-state index is 11.7. The third-order valence-corrected chi connectivity index (χ3v) is 2.64. The minimum Gasteiger partial charge on any atom is -0.344 e. The van der Waals surface area contributed by atoms with Crippen LogP contribution in [0.3, 0.4) is 0 Å². The van der Waals surface area contributed by atoms with Gasteiger partial charge in [-0.3, -0.25) is 9.59 Å². The number of hydrogen-bond donors (Lipinski definition) is 2. The number of carbonyl (C=O) groups excluding carboxylic acids is 2. The molecule has 5 nitrogen and oxygen atoms in total. The van der Waals surface area contributed by atoms with E-state index >= 15 is 0 Å². The van der Waals surface area contributed by atoms with E-state index < -0.39 is 12.1 Å². The van der Waals surface area contributed by atoms with Crippen LogP contribution in [0.15, 0.2) is 0 Å². The van der Waals surface area contributed by atoms with E-state index in [9.17, 15) is 9.59 Å². The third kappa shape index (κ3) is 5.68. The highest BCUT2D eigenvalue weighted by Crippen LogP contribution is 2.03. The molecule has 0 fully saturated rings. The van der Waals surface area contributed by atoms with Gasteiger partial charge in [0.05, 0.1) is 6.04 Å². The Balaban J connectivity index is 4.24. The summed E-state index contributed by atoms with van der Waals surface area (Å²) < 4.78 is 0. The molecule has 0 saturated carbocycles. The lowest BCUT2D eigenvalue weighted by Gasteiger charge is -2.22. The van der Waals surface area contributed by atoms with Gasteiger partial charge in [0.15, 0.2) is 0 Å². The maximum Gasteiger partial charge on any atom is 0.244 e. The van der Waals surface area contributed by atoms with Gasteiger partial charge in [-0.25, -0.2) is 0 Å². The fourth-order valence-electron chi connectivity index (χ4n) is 1.48. The van der Waals surface area contributed by atoms with Gasteiger partial charge in [0.2, 0.25) is 11.8 Å². The van der Waals surface area contributed by atoms with Gasteiger partial charge in [-0.15, -0.1) is 0 Å². The molecular weight excluding hydrogens is 218 g/mol. The van der Waals surface area contributed by atoms with Gasteiger partial charge in [-0.2, -0.15) is 0 Å². The lowest BCUT2D eigenvalue weighted by Crippen LogP contribution is -2.50. The summed E-state index contributed by atoms with van der Waals surface area (Å²) in [6, 6.07) is -1.07. The third-order valence-electron chi connectivity index (χ3n) is 2.64. The van der Waals surface area contributed by atoms with Crippen LogP contribution in [0.5, 0.6) is 0 Å². The van der Waals surface area contributed by atoms with Crippen molar-refractivity contribution < 1.29 is 9.59 Å². The van der Waals surface area contributed by atoms with E-state index in [-0.39, 0.29) is 11.8 Å². The van der Waals surface area contributed by atoms with Gasteiger partial charge in [0.1, 0.15) is 6.04 Å². The Kier molecular flexibility index (Phi) is 6.80. The predicted octanol–water partition coefficient (Wildman–Crippen LogP) is 0.343. The van der Waals surface area contributed by atoms with E-state index in [1.807, 2.05) is 20.8 Å². The quantitative estimate of drug-likeness (QED) is 0.706. The molecule has 0 heterocycles. The van der Waals surface area contributed by atoms with Crippen molar-refractivity contribution in [2.75, 3.05) is 13.6 Å².